The van der Waals surface area contributed by atoms with Crippen LogP contribution in [0.15, 0.2) is 18.2 Å². The van der Waals surface area contributed by atoms with Crippen LogP contribution in [0.1, 0.15) is 12.0 Å². The van der Waals surface area contributed by atoms with Crippen LogP contribution in [-0.2, 0) is 9.59 Å². The van der Waals surface area contributed by atoms with Crippen LogP contribution in [-0.4, -0.2) is 23.5 Å². The summed E-state index contributed by atoms with van der Waals surface area (Å²) in [6.45, 7) is 0.0482. The van der Waals surface area contributed by atoms with E-state index in [0.29, 0.717) is 5.69 Å². The number of para-hydroxylation sites is 1. The van der Waals surface area contributed by atoms with Gasteiger partial charge in [0, 0.05) is 13.0 Å². The van der Waals surface area contributed by atoms with Crippen molar-refractivity contribution in [3.8, 4) is 6.07 Å². The average molecular weight is 265 g/mol. The first-order chi connectivity index (χ1) is 8.54. The average Bonchev–Trinajstić information content (AvgIpc) is 2.71. The van der Waals surface area contributed by atoms with Gasteiger partial charge in [-0.3, -0.25) is 9.59 Å². The number of carboxylic acid groups (broad SMARTS) is 1. The predicted molar refractivity (Wildman–Crippen MR) is 64.3 cm³/mol. The van der Waals surface area contributed by atoms with Gasteiger partial charge in [0.15, 0.2) is 0 Å². The van der Waals surface area contributed by atoms with Crippen LogP contribution in [0.2, 0.25) is 5.02 Å². The number of hydrogen-bond donors (Lipinski definition) is 1. The molecule has 1 fully saturated rings. The minimum Gasteiger partial charge on any atom is -0.481 e. The fourth-order valence-corrected chi connectivity index (χ4v) is 2.25. The zero-order valence-electron chi connectivity index (χ0n) is 9.26. The molecule has 1 heterocycles. The van der Waals surface area contributed by atoms with Crippen molar-refractivity contribution in [2.45, 2.75) is 6.42 Å². The van der Waals surface area contributed by atoms with Crippen LogP contribution >= 0.6 is 11.6 Å². The minimum absolute atomic E-state index is 0.0482. The summed E-state index contributed by atoms with van der Waals surface area (Å²) in [7, 11) is 0. The molecule has 1 N–H and O–H groups in total. The van der Waals surface area contributed by atoms with Gasteiger partial charge in [-0.25, -0.2) is 0 Å². The van der Waals surface area contributed by atoms with Gasteiger partial charge >= 0.3 is 5.97 Å². The molecule has 2 rings (SSSR count). The Kier molecular flexibility index (Phi) is 3.21. The molecule has 1 saturated heterocycles. The quantitative estimate of drug-likeness (QED) is 0.880. The summed E-state index contributed by atoms with van der Waals surface area (Å²) in [4.78, 5) is 24.0. The zero-order valence-corrected chi connectivity index (χ0v) is 10.0. The maximum Gasteiger partial charge on any atom is 0.308 e. The van der Waals surface area contributed by atoms with Crippen molar-refractivity contribution >= 4 is 29.2 Å². The van der Waals surface area contributed by atoms with Crippen molar-refractivity contribution in [2.75, 3.05) is 11.4 Å². The summed E-state index contributed by atoms with van der Waals surface area (Å²) in [5.74, 6) is -2.09. The molecule has 0 aliphatic carbocycles. The number of carbonyl (C=O) groups excluding carboxylic acids is 1. The first-order valence-corrected chi connectivity index (χ1v) is 5.64. The fraction of sp³-hybridized carbons (Fsp3) is 0.250. The SMILES string of the molecule is N#Cc1cccc(Cl)c1N1CC(C(=O)O)CC1=O. The smallest absolute Gasteiger partial charge is 0.308 e. The molecule has 0 radical (unpaired) electrons. The Balaban J connectivity index is 2.42. The van der Waals surface area contributed by atoms with Crippen LogP contribution in [0.4, 0.5) is 5.69 Å². The lowest BCUT2D eigenvalue weighted by molar-refractivity contribution is -0.141. The number of anilines is 1. The molecule has 0 bridgehead atoms. The van der Waals surface area contributed by atoms with E-state index >= 15 is 0 Å². The third kappa shape index (κ3) is 2.03. The van der Waals surface area contributed by atoms with E-state index in [1.165, 1.54) is 4.90 Å². The Hall–Kier alpha value is -2.06. The molecule has 1 aliphatic heterocycles. The molecule has 0 saturated carbocycles. The fourth-order valence-electron chi connectivity index (χ4n) is 1.97. The highest BCUT2D eigenvalue weighted by molar-refractivity contribution is 6.34. The van der Waals surface area contributed by atoms with Crippen LogP contribution in [0.5, 0.6) is 0 Å². The number of carboxylic acids is 1. The Labute approximate surface area is 108 Å². The lowest BCUT2D eigenvalue weighted by Crippen LogP contribution is -2.26. The third-order valence-electron chi connectivity index (χ3n) is 2.85. The van der Waals surface area contributed by atoms with Crippen LogP contribution < -0.4 is 4.90 Å². The minimum atomic E-state index is -1.02. The molecule has 0 spiro atoms. The number of halogens is 1. The highest BCUT2D eigenvalue weighted by Gasteiger charge is 2.36. The maximum absolute atomic E-state index is 11.8. The number of rotatable bonds is 2. The summed E-state index contributed by atoms with van der Waals surface area (Å²) >= 11 is 5.99. The van der Waals surface area contributed by atoms with Crippen LogP contribution in [0.3, 0.4) is 0 Å². The molecular weight excluding hydrogens is 256 g/mol. The van der Waals surface area contributed by atoms with Gasteiger partial charge in [-0.15, -0.1) is 0 Å². The van der Waals surface area contributed by atoms with Gasteiger partial charge in [-0.05, 0) is 12.1 Å². The molecule has 0 aromatic heterocycles. The van der Waals surface area contributed by atoms with Crippen molar-refractivity contribution in [1.82, 2.24) is 0 Å². The number of benzene rings is 1. The summed E-state index contributed by atoms with van der Waals surface area (Å²) in [6, 6.07) is 6.68. The maximum atomic E-state index is 11.8. The van der Waals surface area contributed by atoms with E-state index in [2.05, 4.69) is 0 Å². The Morgan fingerprint density at radius 1 is 1.56 bits per heavy atom. The standard InChI is InChI=1S/C12H9ClN2O3/c13-9-3-1-2-7(5-14)11(9)15-6-8(12(17)18)4-10(15)16/h1-3,8H,4,6H2,(H,17,18). The second-order valence-corrected chi connectivity index (χ2v) is 4.40. The largest absolute Gasteiger partial charge is 0.481 e. The Bertz CT molecular complexity index is 565. The van der Waals surface area contributed by atoms with Gasteiger partial charge in [-0.2, -0.15) is 5.26 Å². The molecule has 1 aromatic rings. The first-order valence-electron chi connectivity index (χ1n) is 5.26. The van der Waals surface area contributed by atoms with E-state index in [-0.39, 0.29) is 29.5 Å². The third-order valence-corrected chi connectivity index (χ3v) is 3.16. The zero-order chi connectivity index (χ0) is 13.3. The molecule has 18 heavy (non-hydrogen) atoms. The molecule has 1 aromatic carbocycles. The number of hydrogen-bond acceptors (Lipinski definition) is 3. The molecule has 1 amide bonds. The van der Waals surface area contributed by atoms with E-state index in [1.54, 1.807) is 18.2 Å². The van der Waals surface area contributed by atoms with Gasteiger partial charge in [0.2, 0.25) is 5.91 Å². The Morgan fingerprint density at radius 3 is 2.83 bits per heavy atom. The van der Waals surface area contributed by atoms with E-state index in [4.69, 9.17) is 22.0 Å². The highest BCUT2D eigenvalue weighted by Crippen LogP contribution is 2.34. The molecule has 6 heteroatoms. The van der Waals surface area contributed by atoms with Crippen molar-refractivity contribution in [1.29, 1.82) is 5.26 Å². The number of nitriles is 1. The van der Waals surface area contributed by atoms with Crippen molar-refractivity contribution in [2.24, 2.45) is 5.92 Å². The second-order valence-electron chi connectivity index (χ2n) is 3.99. The second kappa shape index (κ2) is 4.67. The van der Waals surface area contributed by atoms with E-state index in [9.17, 15) is 9.59 Å². The molecular formula is C12H9ClN2O3. The van der Waals surface area contributed by atoms with Crippen molar-refractivity contribution in [3.05, 3.63) is 28.8 Å². The molecule has 1 aliphatic rings. The van der Waals surface area contributed by atoms with Crippen LogP contribution in [0.25, 0.3) is 0 Å². The van der Waals surface area contributed by atoms with Gasteiger partial charge in [0.05, 0.1) is 22.2 Å². The van der Waals surface area contributed by atoms with Crippen molar-refractivity contribution < 1.29 is 14.7 Å². The van der Waals surface area contributed by atoms with Gasteiger partial charge in [0.1, 0.15) is 6.07 Å². The predicted octanol–water partition coefficient (Wildman–Crippen LogP) is 1.65. The van der Waals surface area contributed by atoms with Crippen LogP contribution in [0, 0.1) is 17.2 Å². The van der Waals surface area contributed by atoms with Gasteiger partial charge in [0.25, 0.3) is 0 Å². The first kappa shape index (κ1) is 12.4. The topological polar surface area (TPSA) is 81.4 Å². The monoisotopic (exact) mass is 264 g/mol. The Morgan fingerprint density at radius 2 is 2.28 bits per heavy atom. The van der Waals surface area contributed by atoms with Gasteiger partial charge < -0.3 is 10.0 Å². The summed E-state index contributed by atoms with van der Waals surface area (Å²) in [5, 5.41) is 18.2. The lowest BCUT2D eigenvalue weighted by atomic mass is 10.1. The molecule has 5 nitrogen and oxygen atoms in total. The molecule has 1 atom stereocenters. The molecule has 92 valence electrons. The van der Waals surface area contributed by atoms with E-state index in [0.717, 1.165) is 0 Å². The number of carbonyl (C=O) groups is 2. The lowest BCUT2D eigenvalue weighted by Gasteiger charge is -2.18. The number of aliphatic carboxylic acids is 1. The molecule has 1 unspecified atom stereocenters. The normalized spacial score (nSPS) is 18.8. The highest BCUT2D eigenvalue weighted by atomic mass is 35.5. The summed E-state index contributed by atoms with van der Waals surface area (Å²) < 4.78 is 0. The summed E-state index contributed by atoms with van der Waals surface area (Å²) in [6.07, 6.45) is -0.0641. The van der Waals surface area contributed by atoms with Gasteiger partial charge in [-0.1, -0.05) is 17.7 Å². The van der Waals surface area contributed by atoms with E-state index < -0.39 is 11.9 Å². The number of amides is 1. The van der Waals surface area contributed by atoms with E-state index in [1.807, 2.05) is 6.07 Å². The summed E-state index contributed by atoms with van der Waals surface area (Å²) in [5.41, 5.74) is 0.567. The number of nitrogens with zero attached hydrogens (tertiary/aromatic N) is 2. The van der Waals surface area contributed by atoms with Crippen molar-refractivity contribution in [3.63, 3.8) is 0 Å².